The van der Waals surface area contributed by atoms with Gasteiger partial charge in [0.1, 0.15) is 19.3 Å². The second kappa shape index (κ2) is 54.3. The van der Waals surface area contributed by atoms with Crippen molar-refractivity contribution in [1.29, 1.82) is 0 Å². The van der Waals surface area contributed by atoms with Gasteiger partial charge in [0.2, 0.25) is 5.91 Å². The summed E-state index contributed by atoms with van der Waals surface area (Å²) in [7, 11) is 1.18. The molecule has 10 heteroatoms. The lowest BCUT2D eigenvalue weighted by Gasteiger charge is -2.30. The molecule has 434 valence electrons. The molecule has 0 aliphatic heterocycles. The summed E-state index contributed by atoms with van der Waals surface area (Å²) in [6.45, 7) is 6.82. The Balaban J connectivity index is 5.21. The molecule has 3 atom stereocenters. The molecule has 0 bridgehead atoms. The number of amides is 1. The number of hydrogen-bond donors (Lipinski definition) is 1. The van der Waals surface area contributed by atoms with Crippen molar-refractivity contribution in [2.24, 2.45) is 0 Å². The van der Waals surface area contributed by atoms with Gasteiger partial charge in [-0.25, -0.2) is 0 Å². The average Bonchev–Trinajstić information content (AvgIpc) is 3.36. The van der Waals surface area contributed by atoms with Crippen molar-refractivity contribution in [3.05, 3.63) is 48.6 Å². The van der Waals surface area contributed by atoms with Gasteiger partial charge in [0.05, 0.1) is 33.8 Å². The first-order valence-corrected chi connectivity index (χ1v) is 32.9. The van der Waals surface area contributed by atoms with Crippen molar-refractivity contribution in [1.82, 2.24) is 5.32 Å². The zero-order chi connectivity index (χ0) is 54.3. The van der Waals surface area contributed by atoms with Crippen LogP contribution in [0.15, 0.2) is 48.6 Å². The average molecular weight is 1060 g/mol. The number of carbonyl (C=O) groups excluding carboxylic acids is 2. The second-order valence-corrected chi connectivity index (χ2v) is 24.0. The Bertz CT molecular complexity index is 1410. The third-order valence-corrected chi connectivity index (χ3v) is 15.0. The summed E-state index contributed by atoms with van der Waals surface area (Å²) < 4.78 is 30.3. The minimum Gasteiger partial charge on any atom is -0.756 e. The Kier molecular flexibility index (Phi) is 52.8. The summed E-state index contributed by atoms with van der Waals surface area (Å²) in [5, 5.41) is 3.02. The Morgan fingerprint density at radius 2 is 0.824 bits per heavy atom. The summed E-state index contributed by atoms with van der Waals surface area (Å²) >= 11 is 0. The molecule has 0 heterocycles. The maximum Gasteiger partial charge on any atom is 0.306 e. The topological polar surface area (TPSA) is 114 Å². The van der Waals surface area contributed by atoms with E-state index in [0.717, 1.165) is 83.5 Å². The predicted octanol–water partition coefficient (Wildman–Crippen LogP) is 18.6. The molecule has 3 unspecified atom stereocenters. The fraction of sp³-hybridized carbons (Fsp3) is 0.844. The number of phosphoric acid groups is 1. The van der Waals surface area contributed by atoms with Crippen molar-refractivity contribution in [3.8, 4) is 0 Å². The minimum atomic E-state index is -4.70. The van der Waals surface area contributed by atoms with E-state index in [1.54, 1.807) is 0 Å². The van der Waals surface area contributed by atoms with Crippen LogP contribution in [0.4, 0.5) is 0 Å². The molecule has 0 aliphatic rings. The third kappa shape index (κ3) is 54.7. The van der Waals surface area contributed by atoms with Crippen molar-refractivity contribution in [2.75, 3.05) is 40.9 Å². The molecule has 1 amide bonds. The number of esters is 1. The predicted molar refractivity (Wildman–Crippen MR) is 316 cm³/mol. The van der Waals surface area contributed by atoms with E-state index < -0.39 is 26.6 Å². The molecule has 0 aromatic rings. The van der Waals surface area contributed by atoms with E-state index >= 15 is 0 Å². The monoisotopic (exact) mass is 1060 g/mol. The molecule has 74 heavy (non-hydrogen) atoms. The summed E-state index contributed by atoms with van der Waals surface area (Å²) in [6, 6.07) is -0.893. The SMILES string of the molecule is CCCCC/C=C/C=C/CCCCCCCCC(=O)NC(COP(=O)([O-])OCC[N+](C)(C)C)C(/C=C\CCCCCCCCCCCC)OC(=O)CCCCCCCCCCCCC/C=C/CCCCCCCC. The second-order valence-electron chi connectivity index (χ2n) is 22.6. The normalized spacial score (nSPS) is 14.0. The maximum atomic E-state index is 13.5. The Labute approximate surface area is 458 Å². The van der Waals surface area contributed by atoms with Crippen molar-refractivity contribution >= 4 is 19.7 Å². The Hall–Kier alpha value is -2.03. The number of phosphoric ester groups is 1. The van der Waals surface area contributed by atoms with Gasteiger partial charge in [0.15, 0.2) is 0 Å². The van der Waals surface area contributed by atoms with Crippen molar-refractivity contribution in [2.45, 2.75) is 309 Å². The number of allylic oxidation sites excluding steroid dienone is 7. The Morgan fingerprint density at radius 1 is 0.473 bits per heavy atom. The van der Waals surface area contributed by atoms with Crippen LogP contribution in [0.25, 0.3) is 0 Å². The van der Waals surface area contributed by atoms with Gasteiger partial charge in [-0.15, -0.1) is 0 Å². The number of nitrogens with one attached hydrogen (secondary N) is 1. The van der Waals surface area contributed by atoms with Gasteiger partial charge in [-0.3, -0.25) is 14.2 Å². The van der Waals surface area contributed by atoms with Gasteiger partial charge in [-0.2, -0.15) is 0 Å². The third-order valence-electron chi connectivity index (χ3n) is 14.0. The largest absolute Gasteiger partial charge is 0.756 e. The number of nitrogens with zero attached hydrogens (tertiary/aromatic N) is 1. The first-order chi connectivity index (χ1) is 35.9. The first-order valence-electron chi connectivity index (χ1n) is 31.5. The van der Waals surface area contributed by atoms with Crippen molar-refractivity contribution in [3.63, 3.8) is 0 Å². The summed E-state index contributed by atoms with van der Waals surface area (Å²) in [6.07, 6.45) is 66.4. The van der Waals surface area contributed by atoms with E-state index in [4.69, 9.17) is 13.8 Å². The summed E-state index contributed by atoms with van der Waals surface area (Å²) in [4.78, 5) is 40.0. The molecule has 0 aromatic carbocycles. The number of rotatable bonds is 57. The quantitative estimate of drug-likeness (QED) is 0.0161. The highest BCUT2D eigenvalue weighted by molar-refractivity contribution is 7.45. The Morgan fingerprint density at radius 3 is 1.26 bits per heavy atom. The number of hydrogen-bond acceptors (Lipinski definition) is 7. The van der Waals surface area contributed by atoms with Gasteiger partial charge in [-0.05, 0) is 83.1 Å². The van der Waals surface area contributed by atoms with Crippen LogP contribution in [0.2, 0.25) is 0 Å². The molecule has 0 spiro atoms. The molecule has 0 aromatic heterocycles. The molecule has 0 saturated heterocycles. The summed E-state index contributed by atoms with van der Waals surface area (Å²) in [5.41, 5.74) is 0. The molecular formula is C64H121N2O7P. The number of ether oxygens (including phenoxy) is 1. The van der Waals surface area contributed by atoms with Gasteiger partial charge in [-0.1, -0.05) is 250 Å². The van der Waals surface area contributed by atoms with Gasteiger partial charge in [0, 0.05) is 12.8 Å². The number of unbranched alkanes of at least 4 members (excludes halogenated alkanes) is 36. The molecule has 0 rings (SSSR count). The van der Waals surface area contributed by atoms with E-state index in [1.807, 2.05) is 33.3 Å². The highest BCUT2D eigenvalue weighted by Gasteiger charge is 2.27. The van der Waals surface area contributed by atoms with Gasteiger partial charge < -0.3 is 28.5 Å². The van der Waals surface area contributed by atoms with Crippen LogP contribution in [0, 0.1) is 0 Å². The lowest BCUT2D eigenvalue weighted by molar-refractivity contribution is -0.870. The highest BCUT2D eigenvalue weighted by Crippen LogP contribution is 2.38. The molecule has 0 fully saturated rings. The van der Waals surface area contributed by atoms with E-state index in [2.05, 4.69) is 62.5 Å². The first kappa shape index (κ1) is 72.0. The summed E-state index contributed by atoms with van der Waals surface area (Å²) in [5.74, 6) is -0.547. The lowest BCUT2D eigenvalue weighted by atomic mass is 10.0. The van der Waals surface area contributed by atoms with Gasteiger partial charge >= 0.3 is 5.97 Å². The van der Waals surface area contributed by atoms with E-state index in [-0.39, 0.29) is 24.9 Å². The number of likely N-dealkylation sites (N-methyl/N-ethyl adjacent to an activating group) is 1. The smallest absolute Gasteiger partial charge is 0.306 e. The zero-order valence-corrected chi connectivity index (χ0v) is 50.4. The van der Waals surface area contributed by atoms with Crippen LogP contribution in [-0.2, 0) is 27.9 Å². The van der Waals surface area contributed by atoms with E-state index in [9.17, 15) is 19.0 Å². The molecule has 9 nitrogen and oxygen atoms in total. The fourth-order valence-corrected chi connectivity index (χ4v) is 9.82. The minimum absolute atomic E-state index is 0.0244. The van der Waals surface area contributed by atoms with Crippen molar-refractivity contribution < 1.29 is 37.3 Å². The number of carbonyl (C=O) groups is 2. The van der Waals surface area contributed by atoms with Crippen LogP contribution < -0.4 is 10.2 Å². The molecule has 0 radical (unpaired) electrons. The van der Waals surface area contributed by atoms with Crippen LogP contribution >= 0.6 is 7.82 Å². The van der Waals surface area contributed by atoms with Crippen LogP contribution in [-0.4, -0.2) is 69.4 Å². The maximum absolute atomic E-state index is 13.5. The van der Waals surface area contributed by atoms with Crippen LogP contribution in [0.5, 0.6) is 0 Å². The van der Waals surface area contributed by atoms with Crippen LogP contribution in [0.3, 0.4) is 0 Å². The number of quaternary nitrogens is 1. The highest BCUT2D eigenvalue weighted by atomic mass is 31.2. The fourth-order valence-electron chi connectivity index (χ4n) is 9.10. The molecule has 0 aliphatic carbocycles. The van der Waals surface area contributed by atoms with E-state index in [0.29, 0.717) is 17.4 Å². The van der Waals surface area contributed by atoms with E-state index in [1.165, 1.54) is 180 Å². The lowest BCUT2D eigenvalue weighted by Crippen LogP contribution is -2.47. The zero-order valence-electron chi connectivity index (χ0n) is 49.6. The molecule has 0 saturated carbocycles. The van der Waals surface area contributed by atoms with Gasteiger partial charge in [0.25, 0.3) is 7.82 Å². The molecular weight excluding hydrogens is 940 g/mol. The standard InChI is InChI=1S/C64H121N2O7P/c1-7-10-13-16-19-22-25-28-30-31-32-33-34-35-37-39-42-45-48-51-54-57-64(68)73-62(55-52-49-46-43-40-27-24-21-18-15-12-9-3)61(60-72-74(69,70)71-59-58-66(4,5)6)65-63(67)56-53-50-47-44-41-38-36-29-26-23-20-17-14-11-8-2/h20,23,26,28-30,52,55,61-62H,7-19,21-22,24-25,27,31-51,53-54,56-60H2,1-6H3,(H-,65,67,69,70)/b23-20+,29-26+,30-28+,55-52-. The molecule has 1 N–H and O–H groups in total. The van der Waals surface area contributed by atoms with Crippen LogP contribution in [0.1, 0.15) is 297 Å².